The highest BCUT2D eigenvalue weighted by atomic mass is 28.3. The van der Waals surface area contributed by atoms with E-state index < -0.39 is 15.1 Å². The van der Waals surface area contributed by atoms with E-state index >= 15 is 0 Å². The fourth-order valence-electron chi connectivity index (χ4n) is 3.09. The Bertz CT molecular complexity index is 616. The van der Waals surface area contributed by atoms with Crippen molar-refractivity contribution in [3.63, 3.8) is 0 Å². The fraction of sp³-hybridized carbons (Fsp3) is 0.579. The van der Waals surface area contributed by atoms with Crippen LogP contribution in [0, 0.1) is 5.41 Å². The summed E-state index contributed by atoms with van der Waals surface area (Å²) in [6, 6.07) is 9.26. The summed E-state index contributed by atoms with van der Waals surface area (Å²) in [7, 11) is -1.30. The third-order valence-electron chi connectivity index (χ3n) is 4.20. The predicted octanol–water partition coefficient (Wildman–Crippen LogP) is 2.54. The monoisotopic (exact) mass is 378 g/mol. The van der Waals surface area contributed by atoms with Crippen LogP contribution in [0.15, 0.2) is 30.3 Å². The van der Waals surface area contributed by atoms with E-state index in [1.807, 2.05) is 30.3 Å². The van der Waals surface area contributed by atoms with E-state index in [4.69, 9.17) is 9.16 Å². The quantitative estimate of drug-likeness (QED) is 0.800. The molecule has 0 saturated carbocycles. The SMILES string of the molecule is C[SiH](C)OC(C1CN(C(=O)OCc2ccccc2)CC(=O)N1)C(C)(C)C. The molecule has 0 bridgehead atoms. The molecular formula is C19H30N2O4Si. The molecule has 1 aliphatic heterocycles. The van der Waals surface area contributed by atoms with Crippen molar-refractivity contribution in [1.29, 1.82) is 0 Å². The van der Waals surface area contributed by atoms with Crippen LogP contribution in [0.4, 0.5) is 4.79 Å². The van der Waals surface area contributed by atoms with Gasteiger partial charge in [0.05, 0.1) is 12.1 Å². The molecule has 0 radical (unpaired) electrons. The first-order valence-corrected chi connectivity index (χ1v) is 11.9. The number of nitrogens with one attached hydrogen (secondary N) is 1. The zero-order valence-corrected chi connectivity index (χ0v) is 17.5. The van der Waals surface area contributed by atoms with Crippen molar-refractivity contribution in [1.82, 2.24) is 10.2 Å². The number of nitrogens with zero attached hydrogens (tertiary/aromatic N) is 1. The van der Waals surface area contributed by atoms with Gasteiger partial charge in [0.15, 0.2) is 9.04 Å². The third kappa shape index (κ3) is 5.84. The lowest BCUT2D eigenvalue weighted by atomic mass is 9.84. The van der Waals surface area contributed by atoms with Gasteiger partial charge in [-0.15, -0.1) is 0 Å². The van der Waals surface area contributed by atoms with Gasteiger partial charge in [0, 0.05) is 6.54 Å². The van der Waals surface area contributed by atoms with E-state index in [2.05, 4.69) is 39.2 Å². The Kier molecular flexibility index (Phi) is 6.83. The van der Waals surface area contributed by atoms with E-state index in [0.717, 1.165) is 5.56 Å². The van der Waals surface area contributed by atoms with Gasteiger partial charge in [-0.3, -0.25) is 9.69 Å². The Labute approximate surface area is 157 Å². The molecule has 0 spiro atoms. The highest BCUT2D eigenvalue weighted by Gasteiger charge is 2.39. The number of piperazine rings is 1. The summed E-state index contributed by atoms with van der Waals surface area (Å²) in [6.45, 7) is 11.1. The summed E-state index contributed by atoms with van der Waals surface area (Å²) in [5.41, 5.74) is 0.771. The molecule has 1 saturated heterocycles. The molecule has 7 heteroatoms. The first-order valence-electron chi connectivity index (χ1n) is 9.07. The van der Waals surface area contributed by atoms with Crippen molar-refractivity contribution in [2.45, 2.75) is 52.6 Å². The molecule has 2 unspecified atom stereocenters. The minimum Gasteiger partial charge on any atom is -0.445 e. The van der Waals surface area contributed by atoms with Gasteiger partial charge in [0.2, 0.25) is 5.91 Å². The molecule has 1 heterocycles. The molecule has 144 valence electrons. The third-order valence-corrected chi connectivity index (χ3v) is 5.04. The van der Waals surface area contributed by atoms with Crippen molar-refractivity contribution in [3.8, 4) is 0 Å². The molecule has 0 aromatic heterocycles. The number of ether oxygens (including phenoxy) is 1. The number of hydrogen-bond acceptors (Lipinski definition) is 4. The molecule has 26 heavy (non-hydrogen) atoms. The van der Waals surface area contributed by atoms with Crippen LogP contribution in [-0.2, 0) is 20.6 Å². The standard InChI is InChI=1S/C19H30N2O4Si/c1-19(2,3)17(25-26(4)5)15-11-21(12-16(22)20-15)18(23)24-13-14-9-7-6-8-10-14/h6-10,15,17,26H,11-13H2,1-5H3,(H,20,22). The molecule has 1 aromatic rings. The van der Waals surface area contributed by atoms with Crippen LogP contribution in [0.2, 0.25) is 13.1 Å². The molecule has 0 aliphatic carbocycles. The molecule has 1 aliphatic rings. The first-order chi connectivity index (χ1) is 12.2. The molecule has 1 N–H and O–H groups in total. The van der Waals surface area contributed by atoms with Gasteiger partial charge < -0.3 is 14.5 Å². The van der Waals surface area contributed by atoms with Crippen LogP contribution >= 0.6 is 0 Å². The lowest BCUT2D eigenvalue weighted by Gasteiger charge is -2.42. The Morgan fingerprint density at radius 1 is 1.31 bits per heavy atom. The Morgan fingerprint density at radius 3 is 2.54 bits per heavy atom. The zero-order valence-electron chi connectivity index (χ0n) is 16.3. The number of rotatable bonds is 5. The van der Waals surface area contributed by atoms with Crippen molar-refractivity contribution < 1.29 is 18.8 Å². The smallest absolute Gasteiger partial charge is 0.410 e. The Hall–Kier alpha value is -1.86. The summed E-state index contributed by atoms with van der Waals surface area (Å²) in [6.07, 6.45) is -0.619. The minimum absolute atomic E-state index is 0.0140. The number of carbonyl (C=O) groups excluding carboxylic acids is 2. The highest BCUT2D eigenvalue weighted by molar-refractivity contribution is 6.48. The number of amides is 2. The van der Waals surface area contributed by atoms with Crippen LogP contribution in [0.5, 0.6) is 0 Å². The van der Waals surface area contributed by atoms with Crippen LogP contribution in [0.3, 0.4) is 0 Å². The minimum atomic E-state index is -1.30. The topological polar surface area (TPSA) is 67.9 Å². The van der Waals surface area contributed by atoms with Gasteiger partial charge in [-0.25, -0.2) is 4.79 Å². The van der Waals surface area contributed by atoms with Crippen LogP contribution in [0.1, 0.15) is 26.3 Å². The fourth-order valence-corrected chi connectivity index (χ4v) is 4.27. The van der Waals surface area contributed by atoms with Gasteiger partial charge in [-0.05, 0) is 24.1 Å². The van der Waals surface area contributed by atoms with E-state index in [-0.39, 0.29) is 36.6 Å². The Morgan fingerprint density at radius 2 is 1.96 bits per heavy atom. The van der Waals surface area contributed by atoms with Crippen molar-refractivity contribution in [2.24, 2.45) is 5.41 Å². The van der Waals surface area contributed by atoms with Gasteiger partial charge in [0.1, 0.15) is 13.2 Å². The second-order valence-corrected chi connectivity index (χ2v) is 10.4. The summed E-state index contributed by atoms with van der Waals surface area (Å²) < 4.78 is 11.6. The molecule has 2 amide bonds. The molecular weight excluding hydrogens is 348 g/mol. The maximum Gasteiger partial charge on any atom is 0.410 e. The molecule has 2 rings (SSSR count). The Balaban J connectivity index is 2.03. The predicted molar refractivity (Wildman–Crippen MR) is 103 cm³/mol. The molecule has 1 fully saturated rings. The van der Waals surface area contributed by atoms with Gasteiger partial charge in [0.25, 0.3) is 0 Å². The average molecular weight is 379 g/mol. The summed E-state index contributed by atoms with van der Waals surface area (Å²) in [4.78, 5) is 26.1. The van der Waals surface area contributed by atoms with Crippen molar-refractivity contribution in [3.05, 3.63) is 35.9 Å². The van der Waals surface area contributed by atoms with E-state index in [9.17, 15) is 9.59 Å². The maximum atomic E-state index is 12.4. The maximum absolute atomic E-state index is 12.4. The second-order valence-electron chi connectivity index (χ2n) is 8.07. The van der Waals surface area contributed by atoms with E-state index in [1.54, 1.807) is 0 Å². The van der Waals surface area contributed by atoms with Crippen LogP contribution < -0.4 is 5.32 Å². The molecule has 2 atom stereocenters. The second kappa shape index (κ2) is 8.68. The highest BCUT2D eigenvalue weighted by Crippen LogP contribution is 2.27. The van der Waals surface area contributed by atoms with Crippen LogP contribution in [0.25, 0.3) is 0 Å². The normalized spacial score (nSPS) is 19.2. The number of carbonyl (C=O) groups is 2. The largest absolute Gasteiger partial charge is 0.445 e. The van der Waals surface area contributed by atoms with Crippen molar-refractivity contribution in [2.75, 3.05) is 13.1 Å². The van der Waals surface area contributed by atoms with Gasteiger partial charge in [-0.1, -0.05) is 51.1 Å². The zero-order chi connectivity index (χ0) is 19.3. The molecule has 6 nitrogen and oxygen atoms in total. The molecule has 1 aromatic carbocycles. The van der Waals surface area contributed by atoms with Gasteiger partial charge >= 0.3 is 6.09 Å². The lowest BCUT2D eigenvalue weighted by Crippen LogP contribution is -2.62. The van der Waals surface area contributed by atoms with E-state index in [0.29, 0.717) is 6.54 Å². The van der Waals surface area contributed by atoms with E-state index in [1.165, 1.54) is 4.90 Å². The van der Waals surface area contributed by atoms with Gasteiger partial charge in [-0.2, -0.15) is 0 Å². The van der Waals surface area contributed by atoms with Crippen molar-refractivity contribution >= 4 is 21.0 Å². The average Bonchev–Trinajstić information content (AvgIpc) is 2.56. The first kappa shape index (κ1) is 20.4. The lowest BCUT2D eigenvalue weighted by molar-refractivity contribution is -0.127. The number of hydrogen-bond donors (Lipinski definition) is 1. The summed E-state index contributed by atoms with van der Waals surface area (Å²) in [5.74, 6) is -0.179. The summed E-state index contributed by atoms with van der Waals surface area (Å²) in [5, 5.41) is 3.00. The van der Waals surface area contributed by atoms with Crippen LogP contribution in [-0.4, -0.2) is 51.2 Å². The number of benzene rings is 1. The summed E-state index contributed by atoms with van der Waals surface area (Å²) >= 11 is 0.